The van der Waals surface area contributed by atoms with Crippen LogP contribution in [0.1, 0.15) is 48.6 Å². The van der Waals surface area contributed by atoms with Gasteiger partial charge in [-0.1, -0.05) is 170 Å². The van der Waals surface area contributed by atoms with Crippen LogP contribution in [-0.4, -0.2) is 89.4 Å². The van der Waals surface area contributed by atoms with Gasteiger partial charge in [0.25, 0.3) is 0 Å². The van der Waals surface area contributed by atoms with Gasteiger partial charge in [0.05, 0.1) is 66.9 Å². The van der Waals surface area contributed by atoms with E-state index in [1.54, 1.807) is 7.11 Å². The van der Waals surface area contributed by atoms with Crippen molar-refractivity contribution in [2.75, 3.05) is 20.3 Å². The molecule has 1 saturated heterocycles. The molecule has 13 nitrogen and oxygen atoms in total. The zero-order valence-electron chi connectivity index (χ0n) is 42.9. The maximum Gasteiger partial charge on any atom is 0.169 e. The number of benzene rings is 6. The number of nitrogens with zero attached hydrogens (tertiary/aromatic N) is 3. The topological polar surface area (TPSA) is 141 Å². The number of hydrogen-bond donors (Lipinski definition) is 0. The normalized spacial score (nSPS) is 19.6. The van der Waals surface area contributed by atoms with Gasteiger partial charge < -0.3 is 47.4 Å². The number of methoxy groups -OCH3 is 1. The van der Waals surface area contributed by atoms with E-state index in [9.17, 15) is 5.53 Å². The number of azide groups is 1. The van der Waals surface area contributed by atoms with Crippen LogP contribution in [0.2, 0.25) is 13.1 Å². The van der Waals surface area contributed by atoms with Crippen LogP contribution in [-0.2, 0) is 70.9 Å². The van der Waals surface area contributed by atoms with E-state index < -0.39 is 69.1 Å². The number of ether oxygens (including phenoxy) is 10. The quantitative estimate of drug-likeness (QED) is 0.0202. The Balaban J connectivity index is 1.35. The summed E-state index contributed by atoms with van der Waals surface area (Å²) in [7, 11) is -0.185. The Kier molecular flexibility index (Phi) is 21.5. The molecule has 6 aromatic carbocycles. The highest BCUT2D eigenvalue weighted by molar-refractivity contribution is 6.57. The molecule has 9 atom stereocenters. The second-order valence-corrected chi connectivity index (χ2v) is 22.5. The fraction of sp³-hybridized carbons (Fsp3) is 0.390. The highest BCUT2D eigenvalue weighted by atomic mass is 28.3. The first-order valence-corrected chi connectivity index (χ1v) is 28.1. The van der Waals surface area contributed by atoms with Gasteiger partial charge in [-0.05, 0) is 78.4 Å². The summed E-state index contributed by atoms with van der Waals surface area (Å²) < 4.78 is 68.3. The monoisotopic (exact) mass is 1010 g/mol. The molecule has 1 heterocycles. The molecule has 0 radical (unpaired) electrons. The van der Waals surface area contributed by atoms with E-state index in [2.05, 4.69) is 23.1 Å². The third-order valence-corrected chi connectivity index (χ3v) is 14.1. The lowest BCUT2D eigenvalue weighted by Crippen LogP contribution is -2.63. The van der Waals surface area contributed by atoms with Gasteiger partial charge in [0, 0.05) is 4.91 Å². The van der Waals surface area contributed by atoms with Crippen molar-refractivity contribution in [3.8, 4) is 11.5 Å². The van der Waals surface area contributed by atoms with Gasteiger partial charge in [-0.25, -0.2) is 0 Å². The van der Waals surface area contributed by atoms with E-state index >= 15 is 0 Å². The molecule has 6 aromatic rings. The van der Waals surface area contributed by atoms with Gasteiger partial charge in [0.2, 0.25) is 0 Å². The van der Waals surface area contributed by atoms with Crippen LogP contribution in [0.4, 0.5) is 0 Å². The van der Waals surface area contributed by atoms with Crippen molar-refractivity contribution in [3.63, 3.8) is 0 Å². The fourth-order valence-corrected chi connectivity index (χ4v) is 10.4. The Morgan fingerprint density at radius 1 is 0.589 bits per heavy atom. The Morgan fingerprint density at radius 3 is 1.53 bits per heavy atom. The second-order valence-electron chi connectivity index (χ2n) is 19.4. The van der Waals surface area contributed by atoms with Crippen LogP contribution in [0.25, 0.3) is 10.4 Å². The highest BCUT2D eigenvalue weighted by Crippen LogP contribution is 2.35. The van der Waals surface area contributed by atoms with Crippen LogP contribution in [0, 0.1) is 0 Å². The zero-order valence-corrected chi connectivity index (χ0v) is 44.0. The predicted molar refractivity (Wildman–Crippen MR) is 285 cm³/mol. The fourth-order valence-electron chi connectivity index (χ4n) is 8.64. The summed E-state index contributed by atoms with van der Waals surface area (Å²) in [5, 5.41) is 4.47. The molecule has 14 heteroatoms. The smallest absolute Gasteiger partial charge is 0.169 e. The van der Waals surface area contributed by atoms with Crippen molar-refractivity contribution in [2.45, 2.75) is 127 Å². The maximum absolute atomic E-state index is 10.5. The predicted octanol–water partition coefficient (Wildman–Crippen LogP) is 11.6. The minimum absolute atomic E-state index is 0.0240. The first-order valence-electron chi connectivity index (χ1n) is 25.1. The average molecular weight is 1010 g/mol. The Hall–Kier alpha value is -5.87. The van der Waals surface area contributed by atoms with E-state index in [1.165, 1.54) is 0 Å². The first kappa shape index (κ1) is 54.9. The largest absolute Gasteiger partial charge is 0.497 e. The van der Waals surface area contributed by atoms with Crippen LogP contribution >= 0.6 is 0 Å². The van der Waals surface area contributed by atoms with E-state index in [0.29, 0.717) is 18.1 Å². The summed E-state index contributed by atoms with van der Waals surface area (Å²) in [6.45, 7) is 11.9. The summed E-state index contributed by atoms with van der Waals surface area (Å²) in [4.78, 5) is 3.43. The molecule has 0 spiro atoms. The van der Waals surface area contributed by atoms with E-state index in [-0.39, 0.29) is 39.6 Å². The number of hydrogen-bond acceptors (Lipinski definition) is 11. The van der Waals surface area contributed by atoms with Crippen molar-refractivity contribution < 1.29 is 47.4 Å². The second kappa shape index (κ2) is 28.5. The Bertz CT molecular complexity index is 2500. The molecule has 73 heavy (non-hydrogen) atoms. The molecule has 0 bridgehead atoms. The molecule has 0 aliphatic carbocycles. The maximum atomic E-state index is 10.5. The molecule has 0 amide bonds. The van der Waals surface area contributed by atoms with Crippen molar-refractivity contribution in [2.24, 2.45) is 5.11 Å². The lowest BCUT2D eigenvalue weighted by Gasteiger charge is -2.47. The molecule has 386 valence electrons. The molecule has 0 N–H and O–H groups in total. The molecule has 1 fully saturated rings. The first-order chi connectivity index (χ1) is 35.6. The van der Waals surface area contributed by atoms with Gasteiger partial charge in [-0.3, -0.25) is 0 Å². The third-order valence-electron chi connectivity index (χ3n) is 12.3. The molecule has 0 aromatic heterocycles. The van der Waals surface area contributed by atoms with Gasteiger partial charge in [0.1, 0.15) is 60.8 Å². The Labute approximate surface area is 432 Å². The molecule has 7 rings (SSSR count). The number of rotatable bonds is 28. The van der Waals surface area contributed by atoms with Crippen LogP contribution in [0.15, 0.2) is 181 Å². The zero-order chi connectivity index (χ0) is 51.3. The molecule has 1 aliphatic rings. The lowest BCUT2D eigenvalue weighted by molar-refractivity contribution is -0.317. The Morgan fingerprint density at radius 2 is 1.05 bits per heavy atom. The van der Waals surface area contributed by atoms with Crippen molar-refractivity contribution in [3.05, 3.63) is 214 Å². The summed E-state index contributed by atoms with van der Waals surface area (Å²) in [6, 6.07) is 56.0. The van der Waals surface area contributed by atoms with Crippen LogP contribution in [0.5, 0.6) is 11.5 Å². The van der Waals surface area contributed by atoms with Crippen molar-refractivity contribution in [1.29, 1.82) is 0 Å². The van der Waals surface area contributed by atoms with Crippen molar-refractivity contribution in [1.82, 2.24) is 0 Å². The lowest BCUT2D eigenvalue weighted by atomic mass is 9.96. The molecule has 0 saturated carbocycles. The molecular formula is C59H71N3O10Si. The third kappa shape index (κ3) is 17.4. The molecule has 4 unspecified atom stereocenters. The standard InChI is InChI=1S/C59H71N3O10Si/c1-59(2,3)72-58(73(5)6)56(69-40-47-30-20-11-21-31-47)54(50(66-37-44-24-14-8-15-25-44)42-65-49-34-32-48(63-4)33-35-49)71-57-52(61-62-60)55(68-39-46-28-18-10-19-29-46)53(67-38-45-26-16-9-17-27-45)51(70-57)41-64-36-43-22-12-7-13-23-43/h7-35,50-58,73H,36-42H2,1-6H3/t50?,51-,52-,53-,54?,55-,56?,57+,58?/m1/s1. The summed E-state index contributed by atoms with van der Waals surface area (Å²) in [5.74, 6) is 1.29. The summed E-state index contributed by atoms with van der Waals surface area (Å²) in [5.41, 5.74) is 14.3. The average Bonchev–Trinajstić information content (AvgIpc) is 3.41. The van der Waals surface area contributed by atoms with Gasteiger partial charge >= 0.3 is 0 Å². The van der Waals surface area contributed by atoms with Crippen LogP contribution < -0.4 is 9.47 Å². The van der Waals surface area contributed by atoms with Gasteiger partial charge in [-0.2, -0.15) is 0 Å². The van der Waals surface area contributed by atoms with E-state index in [1.807, 2.05) is 197 Å². The van der Waals surface area contributed by atoms with Crippen LogP contribution in [0.3, 0.4) is 0 Å². The molecular weight excluding hydrogens is 939 g/mol. The van der Waals surface area contributed by atoms with E-state index in [0.717, 1.165) is 27.8 Å². The summed E-state index contributed by atoms with van der Waals surface area (Å²) in [6.07, 6.45) is -6.30. The summed E-state index contributed by atoms with van der Waals surface area (Å²) >= 11 is 0. The molecule has 1 aliphatic heterocycles. The van der Waals surface area contributed by atoms with Gasteiger partial charge in [-0.15, -0.1) is 0 Å². The highest BCUT2D eigenvalue weighted by Gasteiger charge is 2.51. The minimum Gasteiger partial charge on any atom is -0.497 e. The SMILES string of the molecule is COc1ccc(OCC(OCc2ccccc2)C(O[C@@H]2O[C@H](COCc3ccccc3)[C@@H](OCc3ccccc3)[C@H](OCc3ccccc3)[C@H]2N=[N+]=[N-])C(OCc2ccccc2)C(OC(C)(C)C)[SiH](C)C)cc1. The van der Waals surface area contributed by atoms with Gasteiger partial charge in [0.15, 0.2) is 6.29 Å². The van der Waals surface area contributed by atoms with E-state index in [4.69, 9.17) is 47.4 Å². The minimum atomic E-state index is -1.81. The van der Waals surface area contributed by atoms with Crippen molar-refractivity contribution >= 4 is 8.80 Å².